The zero-order chi connectivity index (χ0) is 13.7. The van der Waals surface area contributed by atoms with Crippen LogP contribution in [-0.4, -0.2) is 33.9 Å². The average Bonchev–Trinajstić information content (AvgIpc) is 2.54. The van der Waals surface area contributed by atoms with Gasteiger partial charge in [0.05, 0.1) is 24.3 Å². The molecule has 0 saturated heterocycles. The summed E-state index contributed by atoms with van der Waals surface area (Å²) in [7, 11) is 1.79. The van der Waals surface area contributed by atoms with Gasteiger partial charge >= 0.3 is 5.97 Å². The Bertz CT molecular complexity index is 456. The summed E-state index contributed by atoms with van der Waals surface area (Å²) in [4.78, 5) is 11.5. The number of hydrogen-bond acceptors (Lipinski definition) is 5. The smallest absolute Gasteiger partial charge is 0.307 e. The molecule has 0 atom stereocenters. The normalized spacial score (nSPS) is 10.2. The van der Waals surface area contributed by atoms with Gasteiger partial charge in [-0.05, 0) is 13.8 Å². The number of anilines is 1. The van der Waals surface area contributed by atoms with E-state index in [4.69, 9.17) is 22.7 Å². The highest BCUT2D eigenvalue weighted by atomic mass is 32.1. The Morgan fingerprint density at radius 1 is 1.61 bits per heavy atom. The summed E-state index contributed by atoms with van der Waals surface area (Å²) in [5.74, 6) is 0.491. The molecular formula is C11H18N4O2S. The summed E-state index contributed by atoms with van der Waals surface area (Å²) in [5, 5.41) is 7.34. The van der Waals surface area contributed by atoms with Crippen LogP contribution in [0.3, 0.4) is 0 Å². The molecule has 6 nitrogen and oxygen atoms in total. The Kier molecular flexibility index (Phi) is 5.08. The molecule has 7 heteroatoms. The van der Waals surface area contributed by atoms with E-state index in [-0.39, 0.29) is 12.4 Å². The van der Waals surface area contributed by atoms with Gasteiger partial charge in [-0.15, -0.1) is 0 Å². The van der Waals surface area contributed by atoms with Gasteiger partial charge in [-0.25, -0.2) is 0 Å². The lowest BCUT2D eigenvalue weighted by molar-refractivity contribution is -0.142. The number of carbonyl (C=O) groups excluding carboxylic acids is 1. The number of hydrogen-bond donors (Lipinski definition) is 2. The van der Waals surface area contributed by atoms with E-state index >= 15 is 0 Å². The van der Waals surface area contributed by atoms with E-state index in [2.05, 4.69) is 10.4 Å². The summed E-state index contributed by atoms with van der Waals surface area (Å²) in [6.45, 7) is 4.46. The first-order chi connectivity index (χ1) is 8.47. The number of nitrogens with two attached hydrogens (primary N) is 1. The van der Waals surface area contributed by atoms with Crippen molar-refractivity contribution in [1.82, 2.24) is 9.78 Å². The maximum absolute atomic E-state index is 11.2. The molecule has 1 aromatic heterocycles. The summed E-state index contributed by atoms with van der Waals surface area (Å²) in [5.41, 5.74) is 7.14. The van der Waals surface area contributed by atoms with Gasteiger partial charge in [-0.2, -0.15) is 5.10 Å². The number of thiocarbonyl (C=S) groups is 1. The van der Waals surface area contributed by atoms with Gasteiger partial charge < -0.3 is 15.8 Å². The second-order valence-electron chi connectivity index (χ2n) is 3.78. The fourth-order valence-corrected chi connectivity index (χ4v) is 1.92. The van der Waals surface area contributed by atoms with Crippen LogP contribution in [0.25, 0.3) is 0 Å². The van der Waals surface area contributed by atoms with Crippen molar-refractivity contribution in [3.8, 4) is 0 Å². The molecule has 0 aliphatic heterocycles. The second-order valence-corrected chi connectivity index (χ2v) is 4.22. The lowest BCUT2D eigenvalue weighted by Gasteiger charge is -2.08. The third-order valence-electron chi connectivity index (χ3n) is 2.40. The predicted molar refractivity (Wildman–Crippen MR) is 73.6 cm³/mol. The molecule has 100 valence electrons. The number of esters is 1. The monoisotopic (exact) mass is 270 g/mol. The molecular weight excluding hydrogens is 252 g/mol. The molecule has 0 aliphatic carbocycles. The molecule has 1 rings (SSSR count). The number of aromatic nitrogens is 2. The minimum atomic E-state index is -0.235. The van der Waals surface area contributed by atoms with E-state index in [0.717, 1.165) is 17.1 Å². The van der Waals surface area contributed by atoms with Crippen molar-refractivity contribution in [3.63, 3.8) is 0 Å². The first-order valence-corrected chi connectivity index (χ1v) is 6.11. The average molecular weight is 270 g/mol. The zero-order valence-electron chi connectivity index (χ0n) is 10.8. The Morgan fingerprint density at radius 3 is 2.83 bits per heavy atom. The Labute approximate surface area is 111 Å². The van der Waals surface area contributed by atoms with E-state index in [1.165, 1.54) is 0 Å². The molecule has 0 bridgehead atoms. The highest BCUT2D eigenvalue weighted by molar-refractivity contribution is 7.80. The van der Waals surface area contributed by atoms with Crippen LogP contribution in [-0.2, 0) is 16.6 Å². The summed E-state index contributed by atoms with van der Waals surface area (Å²) in [6, 6.07) is 0. The maximum Gasteiger partial charge on any atom is 0.307 e. The minimum Gasteiger partial charge on any atom is -0.466 e. The van der Waals surface area contributed by atoms with Crippen molar-refractivity contribution in [1.29, 1.82) is 0 Å². The van der Waals surface area contributed by atoms with E-state index < -0.39 is 0 Å². The van der Waals surface area contributed by atoms with Crippen LogP contribution in [0.2, 0.25) is 0 Å². The molecule has 0 radical (unpaired) electrons. The van der Waals surface area contributed by atoms with Crippen molar-refractivity contribution in [2.45, 2.75) is 20.3 Å². The molecule has 0 aliphatic rings. The number of ether oxygens (including phenoxy) is 1. The maximum atomic E-state index is 11.2. The Morgan fingerprint density at radius 2 is 2.28 bits per heavy atom. The van der Waals surface area contributed by atoms with Crippen LogP contribution in [0.15, 0.2) is 0 Å². The minimum absolute atomic E-state index is 0.235. The fraction of sp³-hybridized carbons (Fsp3) is 0.545. The van der Waals surface area contributed by atoms with Crippen molar-refractivity contribution >= 4 is 29.0 Å². The Hall–Kier alpha value is -1.63. The van der Waals surface area contributed by atoms with Gasteiger partial charge in [0.25, 0.3) is 0 Å². The Balaban J connectivity index is 2.67. The zero-order valence-corrected chi connectivity index (χ0v) is 11.6. The van der Waals surface area contributed by atoms with Gasteiger partial charge in [0.15, 0.2) is 0 Å². The second kappa shape index (κ2) is 6.34. The van der Waals surface area contributed by atoms with Crippen molar-refractivity contribution < 1.29 is 9.53 Å². The predicted octanol–water partition coefficient (Wildman–Crippen LogP) is 0.728. The summed E-state index contributed by atoms with van der Waals surface area (Å²) >= 11 is 4.99. The van der Waals surface area contributed by atoms with Crippen molar-refractivity contribution in [2.24, 2.45) is 12.8 Å². The van der Waals surface area contributed by atoms with E-state index in [1.54, 1.807) is 18.7 Å². The van der Waals surface area contributed by atoms with Gasteiger partial charge in [0.1, 0.15) is 10.8 Å². The van der Waals surface area contributed by atoms with Crippen LogP contribution in [0.1, 0.15) is 24.6 Å². The molecule has 18 heavy (non-hydrogen) atoms. The van der Waals surface area contributed by atoms with Crippen LogP contribution >= 0.6 is 12.2 Å². The summed E-state index contributed by atoms with van der Waals surface area (Å²) in [6.07, 6.45) is 0.287. The van der Waals surface area contributed by atoms with E-state index in [0.29, 0.717) is 18.1 Å². The number of nitrogens with zero attached hydrogens (tertiary/aromatic N) is 2. The molecule has 1 heterocycles. The third-order valence-corrected chi connectivity index (χ3v) is 2.60. The largest absolute Gasteiger partial charge is 0.466 e. The molecule has 0 unspecified atom stereocenters. The number of aryl methyl sites for hydroxylation is 2. The number of rotatable bonds is 6. The molecule has 0 spiro atoms. The van der Waals surface area contributed by atoms with Crippen LogP contribution < -0.4 is 11.1 Å². The molecule has 1 aromatic rings. The van der Waals surface area contributed by atoms with Crippen molar-refractivity contribution in [3.05, 3.63) is 11.3 Å². The molecule has 0 saturated carbocycles. The summed E-state index contributed by atoms with van der Waals surface area (Å²) < 4.78 is 6.50. The van der Waals surface area contributed by atoms with Gasteiger partial charge in [-0.3, -0.25) is 9.48 Å². The van der Waals surface area contributed by atoms with Gasteiger partial charge in [0.2, 0.25) is 0 Å². The van der Waals surface area contributed by atoms with E-state index in [9.17, 15) is 4.79 Å². The number of nitrogens with one attached hydrogen (secondary N) is 1. The molecule has 0 fully saturated rings. The highest BCUT2D eigenvalue weighted by Gasteiger charge is 2.15. The molecule has 0 amide bonds. The van der Waals surface area contributed by atoms with Gasteiger partial charge in [-0.1, -0.05) is 12.2 Å². The standard InChI is InChI=1S/C11H18N4O2S/c1-4-17-8(16)5-6-13-11-9(10(12)18)7(2)14-15(11)3/h13H,4-6H2,1-3H3,(H2,12,18). The fourth-order valence-electron chi connectivity index (χ4n) is 1.67. The highest BCUT2D eigenvalue weighted by Crippen LogP contribution is 2.18. The lowest BCUT2D eigenvalue weighted by atomic mass is 10.2. The lowest BCUT2D eigenvalue weighted by Crippen LogP contribution is -2.17. The third kappa shape index (κ3) is 3.43. The topological polar surface area (TPSA) is 82.2 Å². The molecule has 0 aromatic carbocycles. The first kappa shape index (κ1) is 14.4. The van der Waals surface area contributed by atoms with Crippen LogP contribution in [0.5, 0.6) is 0 Å². The number of carbonyl (C=O) groups is 1. The quantitative estimate of drug-likeness (QED) is 0.586. The van der Waals surface area contributed by atoms with Crippen molar-refractivity contribution in [2.75, 3.05) is 18.5 Å². The first-order valence-electron chi connectivity index (χ1n) is 5.70. The van der Waals surface area contributed by atoms with Crippen LogP contribution in [0, 0.1) is 6.92 Å². The molecule has 3 N–H and O–H groups in total. The SMILES string of the molecule is CCOC(=O)CCNc1c(C(N)=S)c(C)nn1C. The van der Waals surface area contributed by atoms with E-state index in [1.807, 2.05) is 6.92 Å². The van der Waals surface area contributed by atoms with Crippen LogP contribution in [0.4, 0.5) is 5.82 Å². The van der Waals surface area contributed by atoms with Gasteiger partial charge in [0, 0.05) is 13.6 Å².